The highest BCUT2D eigenvalue weighted by Crippen LogP contribution is 2.14. The Hall–Kier alpha value is -1.69. The minimum atomic E-state index is -0.605. The third-order valence-corrected chi connectivity index (χ3v) is 4.24. The normalized spacial score (nSPS) is 12.4. The summed E-state index contributed by atoms with van der Waals surface area (Å²) >= 11 is 1.75. The van der Waals surface area contributed by atoms with Gasteiger partial charge < -0.3 is 10.1 Å². The summed E-state index contributed by atoms with van der Waals surface area (Å²) in [5.41, 5.74) is 0.402. The van der Waals surface area contributed by atoms with Crippen molar-refractivity contribution >= 4 is 23.8 Å². The lowest BCUT2D eigenvalue weighted by Crippen LogP contribution is -2.50. The number of ether oxygens (including phenoxy) is 1. The third-order valence-electron chi connectivity index (χ3n) is 3.55. The maximum atomic E-state index is 12.7. The highest BCUT2D eigenvalue weighted by molar-refractivity contribution is 7.98. The zero-order valence-corrected chi connectivity index (χ0v) is 16.7. The molecule has 0 aliphatic rings. The van der Waals surface area contributed by atoms with Gasteiger partial charge in [0.05, 0.1) is 0 Å². The minimum Gasteiger partial charge on any atom is -0.444 e. The number of likely N-dealkylation sites (N-methyl/N-ethyl adjacent to an activating group) is 1. The molecule has 0 heterocycles. The second kappa shape index (κ2) is 10.3. The summed E-state index contributed by atoms with van der Waals surface area (Å²) in [6.45, 7) is 6.04. The first-order valence-electron chi connectivity index (χ1n) is 8.51. The highest BCUT2D eigenvalue weighted by Gasteiger charge is 2.30. The van der Waals surface area contributed by atoms with E-state index < -0.39 is 17.7 Å². The Morgan fingerprint density at radius 1 is 1.24 bits per heavy atom. The largest absolute Gasteiger partial charge is 0.444 e. The molecular formula is C19H30N2O3S. The Kier molecular flexibility index (Phi) is 8.83. The van der Waals surface area contributed by atoms with Gasteiger partial charge in [0.15, 0.2) is 0 Å². The van der Waals surface area contributed by atoms with E-state index in [1.165, 1.54) is 4.90 Å². The molecule has 140 valence electrons. The van der Waals surface area contributed by atoms with Crippen LogP contribution in [0, 0.1) is 0 Å². The van der Waals surface area contributed by atoms with Gasteiger partial charge >= 0.3 is 6.09 Å². The summed E-state index contributed by atoms with van der Waals surface area (Å²) in [5.74, 6) is 0.837. The van der Waals surface area contributed by atoms with Gasteiger partial charge in [-0.25, -0.2) is 4.79 Å². The van der Waals surface area contributed by atoms with Crippen LogP contribution in [0.15, 0.2) is 30.3 Å². The van der Waals surface area contributed by atoms with E-state index in [4.69, 9.17) is 4.74 Å². The SMILES string of the molecule is CSCCCNC(=O)[C@H](Cc1ccccc1)N(C)C(=O)OC(C)(C)C. The molecule has 1 aromatic carbocycles. The molecule has 6 heteroatoms. The predicted molar refractivity (Wildman–Crippen MR) is 104 cm³/mol. The maximum Gasteiger partial charge on any atom is 0.410 e. The molecule has 1 aromatic rings. The molecule has 5 nitrogen and oxygen atoms in total. The highest BCUT2D eigenvalue weighted by atomic mass is 32.2. The Labute approximate surface area is 155 Å². The van der Waals surface area contributed by atoms with E-state index in [1.807, 2.05) is 57.4 Å². The van der Waals surface area contributed by atoms with Gasteiger partial charge in [-0.2, -0.15) is 11.8 Å². The minimum absolute atomic E-state index is 0.154. The van der Waals surface area contributed by atoms with Crippen LogP contribution in [0.4, 0.5) is 4.79 Å². The number of carbonyl (C=O) groups excluding carboxylic acids is 2. The van der Waals surface area contributed by atoms with E-state index in [2.05, 4.69) is 5.32 Å². The van der Waals surface area contributed by atoms with Gasteiger partial charge in [0.25, 0.3) is 0 Å². The van der Waals surface area contributed by atoms with Crippen LogP contribution in [0.25, 0.3) is 0 Å². The molecule has 0 aliphatic heterocycles. The Balaban J connectivity index is 2.82. The van der Waals surface area contributed by atoms with Crippen LogP contribution in [-0.2, 0) is 16.0 Å². The number of nitrogens with zero attached hydrogens (tertiary/aromatic N) is 1. The lowest BCUT2D eigenvalue weighted by atomic mass is 10.0. The Bertz CT molecular complexity index is 543. The van der Waals surface area contributed by atoms with Crippen LogP contribution in [0.1, 0.15) is 32.8 Å². The lowest BCUT2D eigenvalue weighted by molar-refractivity contribution is -0.126. The van der Waals surface area contributed by atoms with Crippen LogP contribution < -0.4 is 5.32 Å². The van der Waals surface area contributed by atoms with Gasteiger partial charge in [0.1, 0.15) is 11.6 Å². The fraction of sp³-hybridized carbons (Fsp3) is 0.579. The molecule has 0 spiro atoms. The quantitative estimate of drug-likeness (QED) is 0.717. The van der Waals surface area contributed by atoms with Crippen molar-refractivity contribution in [2.75, 3.05) is 25.6 Å². The molecule has 0 saturated heterocycles. The average Bonchev–Trinajstić information content (AvgIpc) is 2.55. The number of benzene rings is 1. The molecule has 1 rings (SSSR count). The van der Waals surface area contributed by atoms with Gasteiger partial charge in [0.2, 0.25) is 5.91 Å². The summed E-state index contributed by atoms with van der Waals surface area (Å²) < 4.78 is 5.42. The average molecular weight is 367 g/mol. The Morgan fingerprint density at radius 3 is 2.44 bits per heavy atom. The number of rotatable bonds is 8. The van der Waals surface area contributed by atoms with Crippen LogP contribution in [0.5, 0.6) is 0 Å². The number of thioether (sulfide) groups is 1. The van der Waals surface area contributed by atoms with Crippen molar-refractivity contribution in [3.8, 4) is 0 Å². The monoisotopic (exact) mass is 366 g/mol. The van der Waals surface area contributed by atoms with E-state index in [9.17, 15) is 9.59 Å². The van der Waals surface area contributed by atoms with Gasteiger partial charge in [-0.05, 0) is 44.8 Å². The van der Waals surface area contributed by atoms with Gasteiger partial charge in [-0.15, -0.1) is 0 Å². The first-order chi connectivity index (χ1) is 11.7. The first kappa shape index (κ1) is 21.4. The summed E-state index contributed by atoms with van der Waals surface area (Å²) in [6.07, 6.45) is 2.90. The van der Waals surface area contributed by atoms with E-state index >= 15 is 0 Å². The van der Waals surface area contributed by atoms with Crippen molar-refractivity contribution in [1.29, 1.82) is 0 Å². The van der Waals surface area contributed by atoms with Gasteiger partial charge in [-0.3, -0.25) is 9.69 Å². The standard InChI is InChI=1S/C19H30N2O3S/c1-19(2,3)24-18(23)21(4)16(14-15-10-7-6-8-11-15)17(22)20-12-9-13-25-5/h6-8,10-11,16H,9,12-14H2,1-5H3,(H,20,22)/t16-/m0/s1. The molecule has 25 heavy (non-hydrogen) atoms. The molecule has 0 saturated carbocycles. The van der Waals surface area contributed by atoms with E-state index in [-0.39, 0.29) is 5.91 Å². The molecule has 2 amide bonds. The second-order valence-electron chi connectivity index (χ2n) is 6.93. The van der Waals surface area contributed by atoms with Gasteiger partial charge in [-0.1, -0.05) is 30.3 Å². The summed E-state index contributed by atoms with van der Waals surface area (Å²) in [4.78, 5) is 26.4. The summed E-state index contributed by atoms with van der Waals surface area (Å²) in [5, 5.41) is 2.93. The number of nitrogens with one attached hydrogen (secondary N) is 1. The molecule has 0 aromatic heterocycles. The van der Waals surface area contributed by atoms with Crippen molar-refractivity contribution in [3.05, 3.63) is 35.9 Å². The lowest BCUT2D eigenvalue weighted by Gasteiger charge is -2.30. The zero-order valence-electron chi connectivity index (χ0n) is 15.9. The fourth-order valence-corrected chi connectivity index (χ4v) is 2.68. The molecule has 0 radical (unpaired) electrons. The van der Waals surface area contributed by atoms with Crippen molar-refractivity contribution in [3.63, 3.8) is 0 Å². The van der Waals surface area contributed by atoms with Crippen molar-refractivity contribution in [2.24, 2.45) is 0 Å². The van der Waals surface area contributed by atoms with Crippen LogP contribution >= 0.6 is 11.8 Å². The van der Waals surface area contributed by atoms with Gasteiger partial charge in [0, 0.05) is 20.0 Å². The van der Waals surface area contributed by atoms with Crippen LogP contribution in [0.3, 0.4) is 0 Å². The van der Waals surface area contributed by atoms with E-state index in [1.54, 1.807) is 18.8 Å². The van der Waals surface area contributed by atoms with Crippen LogP contribution in [-0.4, -0.2) is 54.1 Å². The molecule has 0 aliphatic carbocycles. The zero-order chi connectivity index (χ0) is 18.9. The predicted octanol–water partition coefficient (Wildman–Crippen LogP) is 3.33. The Morgan fingerprint density at radius 2 is 1.88 bits per heavy atom. The van der Waals surface area contributed by atoms with E-state index in [0.29, 0.717) is 13.0 Å². The van der Waals surface area contributed by atoms with Crippen molar-refractivity contribution < 1.29 is 14.3 Å². The summed E-state index contributed by atoms with van der Waals surface area (Å²) in [6, 6.07) is 9.09. The van der Waals surface area contributed by atoms with Crippen LogP contribution in [0.2, 0.25) is 0 Å². The number of hydrogen-bond donors (Lipinski definition) is 1. The first-order valence-corrected chi connectivity index (χ1v) is 9.90. The second-order valence-corrected chi connectivity index (χ2v) is 7.92. The van der Waals surface area contributed by atoms with Crippen molar-refractivity contribution in [2.45, 2.75) is 45.3 Å². The van der Waals surface area contributed by atoms with E-state index in [0.717, 1.165) is 17.7 Å². The number of hydrogen-bond acceptors (Lipinski definition) is 4. The topological polar surface area (TPSA) is 58.6 Å². The van der Waals surface area contributed by atoms with Crippen molar-refractivity contribution in [1.82, 2.24) is 10.2 Å². The molecular weight excluding hydrogens is 336 g/mol. The third kappa shape index (κ3) is 8.29. The molecule has 1 N–H and O–H groups in total. The smallest absolute Gasteiger partial charge is 0.410 e. The molecule has 0 unspecified atom stereocenters. The summed E-state index contributed by atoms with van der Waals surface area (Å²) in [7, 11) is 1.61. The maximum absolute atomic E-state index is 12.7. The number of carbonyl (C=O) groups is 2. The molecule has 0 bridgehead atoms. The molecule has 0 fully saturated rings. The molecule has 1 atom stereocenters. The fourth-order valence-electron chi connectivity index (χ4n) is 2.25. The number of amides is 2.